The van der Waals surface area contributed by atoms with Gasteiger partial charge in [0.1, 0.15) is 4.99 Å². The van der Waals surface area contributed by atoms with E-state index in [1.54, 1.807) is 0 Å². The first-order valence-electron chi connectivity index (χ1n) is 6.77. The van der Waals surface area contributed by atoms with E-state index in [-0.39, 0.29) is 6.10 Å². The number of likely N-dealkylation sites (tertiary alicyclic amines) is 1. The van der Waals surface area contributed by atoms with Gasteiger partial charge in [-0.05, 0) is 49.9 Å². The van der Waals surface area contributed by atoms with Gasteiger partial charge in [-0.3, -0.25) is 4.90 Å². The number of aliphatic hydroxyl groups is 1. The molecule has 2 unspecified atom stereocenters. The minimum atomic E-state index is -0.205. The molecule has 3 nitrogen and oxygen atoms in total. The Hall–Kier alpha value is -0.970. The van der Waals surface area contributed by atoms with Crippen LogP contribution in [0, 0.1) is 12.8 Å². The molecule has 2 atom stereocenters. The van der Waals surface area contributed by atoms with Gasteiger partial charge in [-0.15, -0.1) is 0 Å². The second-order valence-corrected chi connectivity index (χ2v) is 5.97. The van der Waals surface area contributed by atoms with E-state index in [0.29, 0.717) is 10.9 Å². The Balaban J connectivity index is 2.02. The molecule has 0 spiro atoms. The number of hydrogen-bond acceptors (Lipinski definition) is 3. The number of aliphatic hydroxyl groups excluding tert-OH is 1. The van der Waals surface area contributed by atoms with Gasteiger partial charge in [0.2, 0.25) is 0 Å². The highest BCUT2D eigenvalue weighted by Gasteiger charge is 2.25. The van der Waals surface area contributed by atoms with Gasteiger partial charge in [0, 0.05) is 18.7 Å². The second kappa shape index (κ2) is 5.99. The molecular weight excluding hydrogens is 256 g/mol. The number of hydrogen-bond donors (Lipinski definition) is 2. The average molecular weight is 278 g/mol. The summed E-state index contributed by atoms with van der Waals surface area (Å²) in [5.41, 5.74) is 9.11. The molecule has 0 bridgehead atoms. The summed E-state index contributed by atoms with van der Waals surface area (Å²) >= 11 is 4.99. The summed E-state index contributed by atoms with van der Waals surface area (Å²) in [6.45, 7) is 6.96. The third-order valence-corrected chi connectivity index (χ3v) is 4.25. The highest BCUT2D eigenvalue weighted by molar-refractivity contribution is 7.80. The van der Waals surface area contributed by atoms with Crippen molar-refractivity contribution in [1.82, 2.24) is 4.90 Å². The molecule has 19 heavy (non-hydrogen) atoms. The Labute approximate surface area is 120 Å². The molecule has 0 radical (unpaired) electrons. The van der Waals surface area contributed by atoms with Crippen molar-refractivity contribution in [1.29, 1.82) is 0 Å². The van der Waals surface area contributed by atoms with Crippen LogP contribution >= 0.6 is 12.2 Å². The van der Waals surface area contributed by atoms with Gasteiger partial charge in [0.25, 0.3) is 0 Å². The van der Waals surface area contributed by atoms with Gasteiger partial charge in [-0.25, -0.2) is 0 Å². The lowest BCUT2D eigenvalue weighted by molar-refractivity contribution is 0.127. The summed E-state index contributed by atoms with van der Waals surface area (Å²) < 4.78 is 0. The molecule has 3 N–H and O–H groups in total. The molecule has 1 aromatic carbocycles. The van der Waals surface area contributed by atoms with Crippen molar-refractivity contribution >= 4 is 17.2 Å². The lowest BCUT2D eigenvalue weighted by Crippen LogP contribution is -2.24. The molecule has 0 saturated carbocycles. The molecule has 1 aliphatic rings. The SMILES string of the molecule is Cc1cc(C(N)=S)ccc1CN1CCC(C(C)O)C1. The molecular formula is C15H22N2OS. The summed E-state index contributed by atoms with van der Waals surface area (Å²) in [4.78, 5) is 2.85. The van der Waals surface area contributed by atoms with Crippen LogP contribution in [-0.2, 0) is 6.54 Å². The molecule has 1 aliphatic heterocycles. The quantitative estimate of drug-likeness (QED) is 0.825. The van der Waals surface area contributed by atoms with Crippen molar-refractivity contribution in [2.24, 2.45) is 11.7 Å². The van der Waals surface area contributed by atoms with Crippen molar-refractivity contribution in [2.75, 3.05) is 13.1 Å². The van der Waals surface area contributed by atoms with Crippen molar-refractivity contribution in [3.8, 4) is 0 Å². The molecule has 4 heteroatoms. The number of nitrogens with zero attached hydrogens (tertiary/aromatic N) is 1. The zero-order chi connectivity index (χ0) is 14.0. The first-order valence-corrected chi connectivity index (χ1v) is 7.18. The number of aryl methyl sites for hydroxylation is 1. The summed E-state index contributed by atoms with van der Waals surface area (Å²) in [6.07, 6.45) is 0.880. The average Bonchev–Trinajstić information content (AvgIpc) is 2.80. The van der Waals surface area contributed by atoms with E-state index < -0.39 is 0 Å². The van der Waals surface area contributed by atoms with E-state index in [4.69, 9.17) is 18.0 Å². The Bertz CT molecular complexity index is 473. The zero-order valence-electron chi connectivity index (χ0n) is 11.6. The van der Waals surface area contributed by atoms with Gasteiger partial charge >= 0.3 is 0 Å². The minimum absolute atomic E-state index is 0.205. The van der Waals surface area contributed by atoms with E-state index in [9.17, 15) is 5.11 Å². The fourth-order valence-corrected chi connectivity index (χ4v) is 2.79. The first-order chi connectivity index (χ1) is 8.97. The summed E-state index contributed by atoms with van der Waals surface area (Å²) in [5, 5.41) is 9.63. The summed E-state index contributed by atoms with van der Waals surface area (Å²) in [7, 11) is 0. The van der Waals surface area contributed by atoms with Crippen LogP contribution < -0.4 is 5.73 Å². The molecule has 1 saturated heterocycles. The Morgan fingerprint density at radius 1 is 1.58 bits per heavy atom. The topological polar surface area (TPSA) is 49.5 Å². The van der Waals surface area contributed by atoms with E-state index in [1.165, 1.54) is 11.1 Å². The van der Waals surface area contributed by atoms with E-state index in [1.807, 2.05) is 13.0 Å². The lowest BCUT2D eigenvalue weighted by atomic mass is 10.0. The van der Waals surface area contributed by atoms with E-state index >= 15 is 0 Å². The van der Waals surface area contributed by atoms with Crippen LogP contribution in [0.3, 0.4) is 0 Å². The first kappa shape index (κ1) is 14.4. The Morgan fingerprint density at radius 3 is 2.84 bits per heavy atom. The van der Waals surface area contributed by atoms with Crippen LogP contribution in [0.15, 0.2) is 18.2 Å². The molecule has 0 amide bonds. The van der Waals surface area contributed by atoms with E-state index in [2.05, 4.69) is 24.0 Å². The van der Waals surface area contributed by atoms with Crippen LogP contribution in [0.5, 0.6) is 0 Å². The number of nitrogens with two attached hydrogens (primary N) is 1. The normalized spacial score (nSPS) is 21.5. The summed E-state index contributed by atoms with van der Waals surface area (Å²) in [6, 6.07) is 6.16. The minimum Gasteiger partial charge on any atom is -0.393 e. The van der Waals surface area contributed by atoms with Crippen molar-refractivity contribution in [3.63, 3.8) is 0 Å². The Kier molecular flexibility index (Phi) is 4.55. The summed E-state index contributed by atoms with van der Waals surface area (Å²) in [5.74, 6) is 0.413. The zero-order valence-corrected chi connectivity index (χ0v) is 12.4. The molecule has 0 aliphatic carbocycles. The van der Waals surface area contributed by atoms with Crippen LogP contribution in [0.4, 0.5) is 0 Å². The van der Waals surface area contributed by atoms with Gasteiger partial charge < -0.3 is 10.8 Å². The molecule has 1 heterocycles. The van der Waals surface area contributed by atoms with Gasteiger partial charge in [-0.1, -0.05) is 24.4 Å². The largest absolute Gasteiger partial charge is 0.393 e. The monoisotopic (exact) mass is 278 g/mol. The number of benzene rings is 1. The van der Waals surface area contributed by atoms with Crippen LogP contribution in [0.1, 0.15) is 30.0 Å². The fraction of sp³-hybridized carbons (Fsp3) is 0.533. The molecule has 104 valence electrons. The third kappa shape index (κ3) is 3.53. The van der Waals surface area contributed by atoms with Crippen molar-refractivity contribution < 1.29 is 5.11 Å². The predicted molar refractivity (Wildman–Crippen MR) is 82.1 cm³/mol. The van der Waals surface area contributed by atoms with Crippen molar-refractivity contribution in [2.45, 2.75) is 32.9 Å². The maximum atomic E-state index is 9.63. The third-order valence-electron chi connectivity index (χ3n) is 4.01. The van der Waals surface area contributed by atoms with Gasteiger partial charge in [-0.2, -0.15) is 0 Å². The van der Waals surface area contributed by atoms with E-state index in [0.717, 1.165) is 31.6 Å². The molecule has 1 aromatic rings. The standard InChI is InChI=1S/C15H22N2OS/c1-10-7-12(15(16)19)3-4-13(10)8-17-6-5-14(9-17)11(2)18/h3-4,7,11,14,18H,5-6,8-9H2,1-2H3,(H2,16,19). The maximum Gasteiger partial charge on any atom is 0.103 e. The number of thiocarbonyl (C=S) groups is 1. The second-order valence-electron chi connectivity index (χ2n) is 5.53. The highest BCUT2D eigenvalue weighted by atomic mass is 32.1. The number of rotatable bonds is 4. The van der Waals surface area contributed by atoms with Gasteiger partial charge in [0.05, 0.1) is 6.10 Å². The maximum absolute atomic E-state index is 9.63. The predicted octanol–water partition coefficient (Wildman–Crippen LogP) is 1.83. The molecule has 0 aromatic heterocycles. The van der Waals surface area contributed by atoms with Crippen LogP contribution in [0.25, 0.3) is 0 Å². The smallest absolute Gasteiger partial charge is 0.103 e. The highest BCUT2D eigenvalue weighted by Crippen LogP contribution is 2.22. The van der Waals surface area contributed by atoms with Crippen LogP contribution in [0.2, 0.25) is 0 Å². The van der Waals surface area contributed by atoms with Crippen LogP contribution in [-0.4, -0.2) is 34.2 Å². The van der Waals surface area contributed by atoms with Gasteiger partial charge in [0.15, 0.2) is 0 Å². The fourth-order valence-electron chi connectivity index (χ4n) is 2.67. The van der Waals surface area contributed by atoms with Crippen molar-refractivity contribution in [3.05, 3.63) is 34.9 Å². The molecule has 2 rings (SSSR count). The lowest BCUT2D eigenvalue weighted by Gasteiger charge is -2.19. The molecule has 1 fully saturated rings. The Morgan fingerprint density at radius 2 is 2.32 bits per heavy atom.